The molecule has 0 aliphatic rings. The van der Waals surface area contributed by atoms with E-state index in [1.54, 1.807) is 13.8 Å². The van der Waals surface area contributed by atoms with Crippen molar-refractivity contribution < 1.29 is 24.2 Å². The fourth-order valence-corrected chi connectivity index (χ4v) is 1.26. The zero-order valence-electron chi connectivity index (χ0n) is 11.4. The van der Waals surface area contributed by atoms with Crippen molar-refractivity contribution in [3.63, 3.8) is 0 Å². The first-order chi connectivity index (χ1) is 8.97. The van der Waals surface area contributed by atoms with Crippen molar-refractivity contribution in [2.75, 3.05) is 19.7 Å². The summed E-state index contributed by atoms with van der Waals surface area (Å²) in [6.07, 6.45) is 1.16. The number of rotatable bonds is 9. The van der Waals surface area contributed by atoms with Crippen LogP contribution in [0.3, 0.4) is 0 Å². The SMILES string of the molecule is CCOC(=O)CCCNC(=O)NCCC(C)C(=O)O. The molecule has 0 bridgehead atoms. The lowest BCUT2D eigenvalue weighted by Crippen LogP contribution is -2.37. The maximum absolute atomic E-state index is 11.3. The Morgan fingerprint density at radius 3 is 2.42 bits per heavy atom. The summed E-state index contributed by atoms with van der Waals surface area (Å²) in [6, 6.07) is -0.360. The van der Waals surface area contributed by atoms with Crippen LogP contribution in [0.4, 0.5) is 4.79 Å². The molecule has 0 fully saturated rings. The molecule has 1 unspecified atom stereocenters. The second-order valence-corrected chi connectivity index (χ2v) is 4.12. The number of carbonyl (C=O) groups is 3. The molecule has 7 heteroatoms. The Balaban J connectivity index is 3.50. The van der Waals surface area contributed by atoms with E-state index in [2.05, 4.69) is 10.6 Å². The minimum absolute atomic E-state index is 0.268. The van der Waals surface area contributed by atoms with Crippen molar-refractivity contribution in [3.05, 3.63) is 0 Å². The number of carboxylic acids is 1. The van der Waals surface area contributed by atoms with Gasteiger partial charge in [-0.25, -0.2) is 4.79 Å². The highest BCUT2D eigenvalue weighted by Crippen LogP contribution is 1.99. The Kier molecular flexibility index (Phi) is 9.20. The number of esters is 1. The molecular formula is C12H22N2O5. The molecule has 7 nitrogen and oxygen atoms in total. The smallest absolute Gasteiger partial charge is 0.314 e. The predicted molar refractivity (Wildman–Crippen MR) is 68.7 cm³/mol. The van der Waals surface area contributed by atoms with Gasteiger partial charge in [0.05, 0.1) is 12.5 Å². The lowest BCUT2D eigenvalue weighted by Gasteiger charge is -2.09. The number of urea groups is 1. The van der Waals surface area contributed by atoms with E-state index in [4.69, 9.17) is 9.84 Å². The Labute approximate surface area is 112 Å². The molecule has 0 radical (unpaired) electrons. The molecule has 110 valence electrons. The second kappa shape index (κ2) is 10.2. The first-order valence-corrected chi connectivity index (χ1v) is 6.37. The van der Waals surface area contributed by atoms with Crippen LogP contribution in [-0.4, -0.2) is 42.8 Å². The van der Waals surface area contributed by atoms with E-state index in [9.17, 15) is 14.4 Å². The number of aliphatic carboxylic acids is 1. The predicted octanol–water partition coefficient (Wildman–Crippen LogP) is 0.740. The summed E-state index contributed by atoms with van der Waals surface area (Å²) in [6.45, 7) is 4.35. The van der Waals surface area contributed by atoms with E-state index < -0.39 is 11.9 Å². The van der Waals surface area contributed by atoms with Crippen molar-refractivity contribution in [2.24, 2.45) is 5.92 Å². The molecule has 0 saturated carbocycles. The van der Waals surface area contributed by atoms with Gasteiger partial charge >= 0.3 is 18.0 Å². The highest BCUT2D eigenvalue weighted by atomic mass is 16.5. The van der Waals surface area contributed by atoms with Crippen molar-refractivity contribution in [1.82, 2.24) is 10.6 Å². The van der Waals surface area contributed by atoms with Crippen molar-refractivity contribution >= 4 is 18.0 Å². The summed E-state index contributed by atoms with van der Waals surface area (Å²) in [5.41, 5.74) is 0. The second-order valence-electron chi connectivity index (χ2n) is 4.12. The van der Waals surface area contributed by atoms with Crippen LogP contribution in [0.25, 0.3) is 0 Å². The molecule has 0 heterocycles. The van der Waals surface area contributed by atoms with Gasteiger partial charge in [-0.05, 0) is 19.8 Å². The van der Waals surface area contributed by atoms with Crippen LogP contribution in [0.1, 0.15) is 33.1 Å². The van der Waals surface area contributed by atoms with Gasteiger partial charge in [-0.2, -0.15) is 0 Å². The average Bonchev–Trinajstić information content (AvgIpc) is 2.34. The molecular weight excluding hydrogens is 252 g/mol. The van der Waals surface area contributed by atoms with Gasteiger partial charge < -0.3 is 20.5 Å². The van der Waals surface area contributed by atoms with Crippen LogP contribution in [0.2, 0.25) is 0 Å². The molecule has 0 aromatic rings. The fraction of sp³-hybridized carbons (Fsp3) is 0.750. The summed E-state index contributed by atoms with van der Waals surface area (Å²) in [4.78, 5) is 32.8. The highest BCUT2D eigenvalue weighted by Gasteiger charge is 2.10. The van der Waals surface area contributed by atoms with Gasteiger partial charge in [-0.1, -0.05) is 6.92 Å². The molecule has 3 N–H and O–H groups in total. The quantitative estimate of drug-likeness (QED) is 0.425. The van der Waals surface area contributed by atoms with E-state index in [1.807, 2.05) is 0 Å². The Morgan fingerprint density at radius 2 is 1.84 bits per heavy atom. The molecule has 0 saturated heterocycles. The van der Waals surface area contributed by atoms with E-state index >= 15 is 0 Å². The van der Waals surface area contributed by atoms with E-state index in [0.717, 1.165) is 0 Å². The minimum Gasteiger partial charge on any atom is -0.481 e. The van der Waals surface area contributed by atoms with Crippen LogP contribution in [-0.2, 0) is 14.3 Å². The molecule has 0 rings (SSSR count). The fourth-order valence-electron chi connectivity index (χ4n) is 1.26. The topological polar surface area (TPSA) is 105 Å². The monoisotopic (exact) mass is 274 g/mol. The molecule has 2 amide bonds. The Hall–Kier alpha value is -1.79. The van der Waals surface area contributed by atoms with Gasteiger partial charge in [-0.3, -0.25) is 9.59 Å². The molecule has 1 atom stereocenters. The number of hydrogen-bond donors (Lipinski definition) is 3. The zero-order chi connectivity index (χ0) is 14.7. The number of nitrogens with one attached hydrogen (secondary N) is 2. The normalized spacial score (nSPS) is 11.5. The van der Waals surface area contributed by atoms with Gasteiger partial charge in [0.25, 0.3) is 0 Å². The van der Waals surface area contributed by atoms with E-state index in [-0.39, 0.29) is 18.4 Å². The minimum atomic E-state index is -0.878. The largest absolute Gasteiger partial charge is 0.481 e. The van der Waals surface area contributed by atoms with Gasteiger partial charge in [0.1, 0.15) is 0 Å². The standard InChI is InChI=1S/C12H22N2O5/c1-3-19-10(15)5-4-7-13-12(18)14-8-6-9(2)11(16)17/h9H,3-8H2,1-2H3,(H,16,17)(H2,13,14,18). The summed E-state index contributed by atoms with van der Waals surface area (Å²) >= 11 is 0. The van der Waals surface area contributed by atoms with Crippen LogP contribution in [0.5, 0.6) is 0 Å². The first kappa shape index (κ1) is 17.2. The molecule has 0 spiro atoms. The van der Waals surface area contributed by atoms with Crippen LogP contribution in [0.15, 0.2) is 0 Å². The van der Waals surface area contributed by atoms with Crippen molar-refractivity contribution in [3.8, 4) is 0 Å². The molecule has 0 aliphatic heterocycles. The summed E-state index contributed by atoms with van der Waals surface area (Å²) in [5.74, 6) is -1.64. The van der Waals surface area contributed by atoms with E-state index in [0.29, 0.717) is 32.5 Å². The summed E-state index contributed by atoms with van der Waals surface area (Å²) in [5, 5.41) is 13.8. The maximum atomic E-state index is 11.3. The molecule has 19 heavy (non-hydrogen) atoms. The van der Waals surface area contributed by atoms with Gasteiger partial charge in [0.15, 0.2) is 0 Å². The van der Waals surface area contributed by atoms with Gasteiger partial charge in [0.2, 0.25) is 0 Å². The number of hydrogen-bond acceptors (Lipinski definition) is 4. The Bertz CT molecular complexity index is 306. The van der Waals surface area contributed by atoms with Crippen molar-refractivity contribution in [2.45, 2.75) is 33.1 Å². The lowest BCUT2D eigenvalue weighted by atomic mass is 10.1. The van der Waals surface area contributed by atoms with Gasteiger partial charge in [-0.15, -0.1) is 0 Å². The maximum Gasteiger partial charge on any atom is 0.314 e. The van der Waals surface area contributed by atoms with Crippen LogP contribution in [0, 0.1) is 5.92 Å². The molecule has 0 aliphatic carbocycles. The summed E-state index contributed by atoms with van der Waals surface area (Å²) in [7, 11) is 0. The number of amides is 2. The van der Waals surface area contributed by atoms with E-state index in [1.165, 1.54) is 0 Å². The average molecular weight is 274 g/mol. The molecule has 0 aromatic heterocycles. The third-order valence-corrected chi connectivity index (χ3v) is 2.43. The lowest BCUT2D eigenvalue weighted by molar-refractivity contribution is -0.143. The zero-order valence-corrected chi connectivity index (χ0v) is 11.4. The number of carbonyl (C=O) groups excluding carboxylic acids is 2. The number of ether oxygens (including phenoxy) is 1. The number of carboxylic acid groups (broad SMARTS) is 1. The Morgan fingerprint density at radius 1 is 1.21 bits per heavy atom. The summed E-state index contributed by atoms with van der Waals surface area (Å²) < 4.78 is 4.74. The highest BCUT2D eigenvalue weighted by molar-refractivity contribution is 5.74. The van der Waals surface area contributed by atoms with Gasteiger partial charge in [0, 0.05) is 19.5 Å². The first-order valence-electron chi connectivity index (χ1n) is 6.37. The third kappa shape index (κ3) is 9.87. The van der Waals surface area contributed by atoms with Crippen molar-refractivity contribution in [1.29, 1.82) is 0 Å². The van der Waals surface area contributed by atoms with Crippen LogP contribution >= 0.6 is 0 Å². The third-order valence-electron chi connectivity index (χ3n) is 2.43. The molecule has 0 aromatic carbocycles. The van der Waals surface area contributed by atoms with Crippen LogP contribution < -0.4 is 10.6 Å².